The summed E-state index contributed by atoms with van der Waals surface area (Å²) in [5.74, 6) is -0.245. The molecule has 2 amide bonds. The number of fused-ring (bicyclic) bond motifs is 2. The van der Waals surface area contributed by atoms with Crippen molar-refractivity contribution >= 4 is 45.8 Å². The number of benzene rings is 1. The third-order valence-corrected chi connectivity index (χ3v) is 9.09. The van der Waals surface area contributed by atoms with Crippen molar-refractivity contribution in [3.63, 3.8) is 0 Å². The van der Waals surface area contributed by atoms with E-state index < -0.39 is 43.4 Å². The van der Waals surface area contributed by atoms with Crippen molar-refractivity contribution in [1.29, 1.82) is 5.26 Å². The van der Waals surface area contributed by atoms with Gasteiger partial charge < -0.3 is 28.7 Å². The van der Waals surface area contributed by atoms with E-state index in [9.17, 15) is 24.4 Å². The van der Waals surface area contributed by atoms with Crippen LogP contribution in [0.15, 0.2) is 18.2 Å². The Kier molecular flexibility index (Phi) is 6.65. The fraction of sp³-hybridized carbons (Fsp3) is 0.522. The zero-order valence-corrected chi connectivity index (χ0v) is 22.0. The highest BCUT2D eigenvalue weighted by atomic mass is 32.2. The average molecular weight is 536 g/mol. The molecular formula is C23H25N3O8S2. The predicted octanol–water partition coefficient (Wildman–Crippen LogP) is 2.51. The van der Waals surface area contributed by atoms with Crippen LogP contribution in [0, 0.1) is 16.7 Å². The number of thioether (sulfide) groups is 2. The number of methoxy groups -OCH3 is 2. The van der Waals surface area contributed by atoms with Crippen LogP contribution in [0.25, 0.3) is 0 Å². The Morgan fingerprint density at radius 1 is 1.17 bits per heavy atom. The lowest BCUT2D eigenvalue weighted by atomic mass is 9.79. The summed E-state index contributed by atoms with van der Waals surface area (Å²) >= 11 is 1.21. The molecule has 0 saturated carbocycles. The molecule has 3 aliphatic heterocycles. The number of carbonyl (C=O) groups is 4. The van der Waals surface area contributed by atoms with E-state index in [-0.39, 0.29) is 19.8 Å². The fourth-order valence-corrected chi connectivity index (χ4v) is 7.19. The van der Waals surface area contributed by atoms with Gasteiger partial charge in [0, 0.05) is 20.6 Å². The summed E-state index contributed by atoms with van der Waals surface area (Å²) in [4.78, 5) is 52.5. The van der Waals surface area contributed by atoms with E-state index >= 15 is 0 Å². The van der Waals surface area contributed by atoms with Crippen LogP contribution in [0.1, 0.15) is 31.9 Å². The van der Waals surface area contributed by atoms with Crippen LogP contribution >= 0.6 is 23.5 Å². The van der Waals surface area contributed by atoms with Crippen molar-refractivity contribution in [2.45, 2.75) is 36.1 Å². The van der Waals surface area contributed by atoms with Crippen LogP contribution in [0.5, 0.6) is 11.5 Å². The molecule has 13 heteroatoms. The van der Waals surface area contributed by atoms with Crippen molar-refractivity contribution in [3.05, 3.63) is 23.8 Å². The van der Waals surface area contributed by atoms with E-state index in [0.29, 0.717) is 40.6 Å². The molecular weight excluding hydrogens is 510 g/mol. The van der Waals surface area contributed by atoms with Crippen molar-refractivity contribution in [1.82, 2.24) is 9.80 Å². The largest absolute Gasteiger partial charge is 0.461 e. The molecule has 1 aromatic rings. The topological polar surface area (TPSA) is 135 Å². The highest BCUT2D eigenvalue weighted by Crippen LogP contribution is 2.62. The average Bonchev–Trinajstić information content (AvgIpc) is 3.42. The molecule has 0 bridgehead atoms. The molecule has 36 heavy (non-hydrogen) atoms. The number of hydrogen-bond donors (Lipinski definition) is 0. The zero-order chi connectivity index (χ0) is 26.5. The predicted molar refractivity (Wildman–Crippen MR) is 129 cm³/mol. The van der Waals surface area contributed by atoms with Gasteiger partial charge in [0.15, 0.2) is 21.2 Å². The van der Waals surface area contributed by atoms with Gasteiger partial charge in [-0.15, -0.1) is 0 Å². The second-order valence-electron chi connectivity index (χ2n) is 8.99. The maximum atomic E-state index is 14.3. The minimum atomic E-state index is -1.73. The molecule has 1 aromatic carbocycles. The van der Waals surface area contributed by atoms with Crippen molar-refractivity contribution in [2.75, 3.05) is 34.7 Å². The Balaban J connectivity index is 1.93. The smallest absolute Gasteiger partial charge is 0.369 e. The van der Waals surface area contributed by atoms with Gasteiger partial charge in [-0.05, 0) is 55.1 Å². The molecule has 2 saturated heterocycles. The van der Waals surface area contributed by atoms with Gasteiger partial charge in [-0.2, -0.15) is 5.26 Å². The Bertz CT molecular complexity index is 1190. The molecule has 0 radical (unpaired) electrons. The first-order valence-corrected chi connectivity index (χ1v) is 12.5. The maximum absolute atomic E-state index is 14.3. The van der Waals surface area contributed by atoms with Crippen molar-refractivity contribution in [3.8, 4) is 17.6 Å². The molecule has 4 atom stereocenters. The number of ether oxygens (including phenoxy) is 4. The van der Waals surface area contributed by atoms with E-state index in [1.54, 1.807) is 25.1 Å². The molecule has 3 aliphatic rings. The van der Waals surface area contributed by atoms with E-state index in [4.69, 9.17) is 18.9 Å². The fourth-order valence-electron chi connectivity index (χ4n) is 4.94. The van der Waals surface area contributed by atoms with Crippen LogP contribution < -0.4 is 9.47 Å². The highest BCUT2D eigenvalue weighted by molar-refractivity contribution is 8.16. The number of likely N-dealkylation sites (N-methyl/N-ethyl adjacent to an activating group) is 1. The van der Waals surface area contributed by atoms with Gasteiger partial charge in [0.05, 0.1) is 24.6 Å². The van der Waals surface area contributed by atoms with E-state index in [2.05, 4.69) is 6.07 Å². The normalized spacial score (nSPS) is 30.7. The molecule has 2 unspecified atom stereocenters. The first kappa shape index (κ1) is 26.1. The van der Waals surface area contributed by atoms with Crippen LogP contribution in [0.2, 0.25) is 0 Å². The Morgan fingerprint density at radius 3 is 2.50 bits per heavy atom. The molecule has 0 spiro atoms. The maximum Gasteiger partial charge on any atom is 0.369 e. The van der Waals surface area contributed by atoms with Gasteiger partial charge in [0.25, 0.3) is 11.8 Å². The number of carbonyl (C=O) groups excluding carboxylic acids is 4. The lowest BCUT2D eigenvalue weighted by Gasteiger charge is -2.52. The van der Waals surface area contributed by atoms with Crippen molar-refractivity contribution in [2.24, 2.45) is 5.41 Å². The van der Waals surface area contributed by atoms with Gasteiger partial charge in [-0.25, -0.2) is 4.79 Å². The second-order valence-corrected chi connectivity index (χ2v) is 11.7. The van der Waals surface area contributed by atoms with Gasteiger partial charge in [0.1, 0.15) is 6.61 Å². The number of amides is 2. The first-order chi connectivity index (χ1) is 17.0. The third-order valence-electron chi connectivity index (χ3n) is 6.71. The lowest BCUT2D eigenvalue weighted by Crippen LogP contribution is -2.71. The number of rotatable bonds is 5. The molecule has 3 heterocycles. The monoisotopic (exact) mass is 535 g/mol. The van der Waals surface area contributed by atoms with E-state index in [1.807, 2.05) is 0 Å². The van der Waals surface area contributed by atoms with Crippen LogP contribution in [-0.4, -0.2) is 76.4 Å². The quantitative estimate of drug-likeness (QED) is 0.515. The van der Waals surface area contributed by atoms with E-state index in [0.717, 1.165) is 4.90 Å². The number of nitriles is 1. The molecule has 0 aliphatic carbocycles. The summed E-state index contributed by atoms with van der Waals surface area (Å²) < 4.78 is 20.6. The van der Waals surface area contributed by atoms with Gasteiger partial charge >= 0.3 is 5.30 Å². The molecule has 0 aromatic heterocycles. The van der Waals surface area contributed by atoms with Crippen LogP contribution in [0.3, 0.4) is 0 Å². The third kappa shape index (κ3) is 3.79. The summed E-state index contributed by atoms with van der Waals surface area (Å²) in [6.07, 6.45) is -0.121. The van der Waals surface area contributed by atoms with Crippen LogP contribution in [-0.2, 0) is 23.9 Å². The minimum Gasteiger partial charge on any atom is -0.461 e. The summed E-state index contributed by atoms with van der Waals surface area (Å²) in [5, 5.41) is 9.09. The Labute approximate surface area is 216 Å². The van der Waals surface area contributed by atoms with Gasteiger partial charge in [-0.1, -0.05) is 6.07 Å². The first-order valence-electron chi connectivity index (χ1n) is 10.9. The molecule has 192 valence electrons. The lowest BCUT2D eigenvalue weighted by molar-refractivity contribution is -0.163. The van der Waals surface area contributed by atoms with E-state index in [1.165, 1.54) is 33.1 Å². The second kappa shape index (κ2) is 9.17. The SMILES string of the molecule is COCC(=O)SC12C[C@](C)(C#N)C(c3ccc4c(c3)OCO4)N1C(=O)[C@](C)(SC(=O)OC)N(C)C2=O. The Hall–Kier alpha value is -2.95. The minimum absolute atomic E-state index is 0.0318. The number of piperazine rings is 1. The molecule has 11 nitrogen and oxygen atoms in total. The van der Waals surface area contributed by atoms with Crippen LogP contribution in [0.4, 0.5) is 4.79 Å². The summed E-state index contributed by atoms with van der Waals surface area (Å²) in [6.45, 7) is 2.83. The highest BCUT2D eigenvalue weighted by Gasteiger charge is 2.72. The Morgan fingerprint density at radius 2 is 1.86 bits per heavy atom. The summed E-state index contributed by atoms with van der Waals surface area (Å²) in [6, 6.07) is 6.38. The number of hydrogen-bond acceptors (Lipinski definition) is 11. The standard InChI is InChI=1S/C23H25N3O8S2/c1-21(11-24)10-23(35-16(27)9-31-4)19(29)25(3)22(2,36-20(30)32-5)18(28)26(23)17(21)13-6-7-14-15(8-13)34-12-33-14/h6-8,17H,9-10,12H2,1-5H3/t17?,21-,22+,23?/m1/s1. The number of nitrogens with zero attached hydrogens (tertiary/aromatic N) is 3. The molecule has 2 fully saturated rings. The van der Waals surface area contributed by atoms with Crippen molar-refractivity contribution < 1.29 is 38.1 Å². The molecule has 0 N–H and O–H groups in total. The molecule has 4 rings (SSSR count). The zero-order valence-electron chi connectivity index (χ0n) is 20.4. The summed E-state index contributed by atoms with van der Waals surface area (Å²) in [5.41, 5.74) is -0.748. The van der Waals surface area contributed by atoms with Gasteiger partial charge in [0.2, 0.25) is 11.9 Å². The van der Waals surface area contributed by atoms with Gasteiger partial charge in [-0.3, -0.25) is 14.4 Å². The summed E-state index contributed by atoms with van der Waals surface area (Å²) in [7, 11) is 3.92.